The van der Waals surface area contributed by atoms with E-state index >= 15 is 0 Å². The Morgan fingerprint density at radius 1 is 1.04 bits per heavy atom. The Hall–Kier alpha value is -1.40. The Kier molecular flexibility index (Phi) is 4.47. The van der Waals surface area contributed by atoms with Crippen LogP contribution in [0.15, 0.2) is 29.2 Å². The summed E-state index contributed by atoms with van der Waals surface area (Å²) in [6, 6.07) is 6.76. The van der Waals surface area contributed by atoms with E-state index in [1.54, 1.807) is 33.5 Å². The fourth-order valence-electron chi connectivity index (χ4n) is 3.49. The van der Waals surface area contributed by atoms with Crippen molar-refractivity contribution in [2.45, 2.75) is 50.5 Å². The van der Waals surface area contributed by atoms with Crippen molar-refractivity contribution in [1.29, 1.82) is 0 Å². The van der Waals surface area contributed by atoms with E-state index in [4.69, 9.17) is 0 Å². The minimum absolute atomic E-state index is 0.0218. The predicted molar refractivity (Wildman–Crippen MR) is 89.8 cm³/mol. The van der Waals surface area contributed by atoms with Gasteiger partial charge in [-0.05, 0) is 56.4 Å². The Balaban J connectivity index is 1.84. The second-order valence-corrected chi connectivity index (χ2v) is 8.51. The molecule has 23 heavy (non-hydrogen) atoms. The molecule has 2 saturated heterocycles. The van der Waals surface area contributed by atoms with Crippen LogP contribution in [0.4, 0.5) is 5.69 Å². The van der Waals surface area contributed by atoms with Crippen LogP contribution in [0.1, 0.15) is 39.5 Å². The molecule has 2 fully saturated rings. The van der Waals surface area contributed by atoms with Crippen LogP contribution >= 0.6 is 0 Å². The molecule has 0 spiro atoms. The summed E-state index contributed by atoms with van der Waals surface area (Å²) in [6.45, 7) is 5.39. The van der Waals surface area contributed by atoms with Gasteiger partial charge < -0.3 is 4.90 Å². The first-order valence-electron chi connectivity index (χ1n) is 8.33. The maximum atomic E-state index is 12.9. The van der Waals surface area contributed by atoms with Crippen LogP contribution in [-0.4, -0.2) is 37.8 Å². The Bertz CT molecular complexity index is 684. The minimum atomic E-state index is -3.47. The smallest absolute Gasteiger partial charge is 0.243 e. The summed E-state index contributed by atoms with van der Waals surface area (Å²) in [4.78, 5) is 13.8. The van der Waals surface area contributed by atoms with Crippen molar-refractivity contribution in [3.63, 3.8) is 0 Å². The van der Waals surface area contributed by atoms with Crippen molar-refractivity contribution < 1.29 is 13.2 Å². The fraction of sp³-hybridized carbons (Fsp3) is 0.588. The predicted octanol–water partition coefficient (Wildman–Crippen LogP) is 2.62. The molecule has 2 atom stereocenters. The fourth-order valence-corrected chi connectivity index (χ4v) is 5.26. The van der Waals surface area contributed by atoms with E-state index in [1.807, 2.05) is 6.92 Å². The first kappa shape index (κ1) is 16.5. The summed E-state index contributed by atoms with van der Waals surface area (Å²) in [6.07, 6.45) is 3.42. The zero-order valence-corrected chi connectivity index (χ0v) is 14.6. The molecule has 0 radical (unpaired) electrons. The van der Waals surface area contributed by atoms with E-state index in [0.29, 0.717) is 30.3 Å². The van der Waals surface area contributed by atoms with Crippen LogP contribution in [0.2, 0.25) is 0 Å². The van der Waals surface area contributed by atoms with E-state index in [-0.39, 0.29) is 11.9 Å². The number of piperidine rings is 1. The summed E-state index contributed by atoms with van der Waals surface area (Å²) < 4.78 is 27.4. The summed E-state index contributed by atoms with van der Waals surface area (Å²) >= 11 is 0. The minimum Gasteiger partial charge on any atom is -0.312 e. The monoisotopic (exact) mass is 336 g/mol. The van der Waals surface area contributed by atoms with Gasteiger partial charge in [0.2, 0.25) is 15.9 Å². The number of amides is 1. The molecule has 2 unspecified atom stereocenters. The molecule has 1 aromatic carbocycles. The number of rotatable bonds is 3. The third-order valence-electron chi connectivity index (χ3n) is 5.14. The quantitative estimate of drug-likeness (QED) is 0.852. The molecule has 0 bridgehead atoms. The van der Waals surface area contributed by atoms with Crippen LogP contribution in [0.3, 0.4) is 0 Å². The van der Waals surface area contributed by atoms with Crippen LogP contribution in [-0.2, 0) is 14.8 Å². The van der Waals surface area contributed by atoms with Crippen molar-refractivity contribution in [2.75, 3.05) is 18.0 Å². The first-order chi connectivity index (χ1) is 10.9. The Morgan fingerprint density at radius 2 is 1.74 bits per heavy atom. The summed E-state index contributed by atoms with van der Waals surface area (Å²) in [5.74, 6) is 0.485. The normalized spacial score (nSPS) is 26.7. The van der Waals surface area contributed by atoms with Gasteiger partial charge in [0.05, 0.1) is 4.90 Å². The standard InChI is InChI=1S/C17H24N2O3S/c1-13-5-3-12-19(14(13)2)23(21,22)16-9-7-15(8-10-16)18-11-4-6-17(18)20/h7-10,13-14H,3-6,11-12H2,1-2H3. The number of carbonyl (C=O) groups excluding carboxylic acids is 1. The van der Waals surface area contributed by atoms with Crippen molar-refractivity contribution in [1.82, 2.24) is 4.31 Å². The van der Waals surface area contributed by atoms with Crippen LogP contribution in [0.5, 0.6) is 0 Å². The van der Waals surface area contributed by atoms with Gasteiger partial charge in [-0.2, -0.15) is 4.31 Å². The van der Waals surface area contributed by atoms with Gasteiger partial charge in [0.25, 0.3) is 0 Å². The molecule has 3 rings (SSSR count). The van der Waals surface area contributed by atoms with Crippen LogP contribution in [0, 0.1) is 5.92 Å². The maximum absolute atomic E-state index is 12.9. The van der Waals surface area contributed by atoms with Gasteiger partial charge in [-0.1, -0.05) is 6.92 Å². The molecule has 2 aliphatic rings. The lowest BCUT2D eigenvalue weighted by Crippen LogP contribution is -2.45. The third-order valence-corrected chi connectivity index (χ3v) is 7.14. The average Bonchev–Trinajstić information content (AvgIpc) is 2.96. The maximum Gasteiger partial charge on any atom is 0.243 e. The van der Waals surface area contributed by atoms with Crippen molar-refractivity contribution in [3.05, 3.63) is 24.3 Å². The van der Waals surface area contributed by atoms with E-state index < -0.39 is 10.0 Å². The van der Waals surface area contributed by atoms with Crippen molar-refractivity contribution in [2.24, 2.45) is 5.92 Å². The molecular formula is C17H24N2O3S. The molecular weight excluding hydrogens is 312 g/mol. The van der Waals surface area contributed by atoms with Gasteiger partial charge in [-0.25, -0.2) is 8.42 Å². The molecule has 0 saturated carbocycles. The molecule has 2 heterocycles. The highest BCUT2D eigenvalue weighted by molar-refractivity contribution is 7.89. The lowest BCUT2D eigenvalue weighted by Gasteiger charge is -2.36. The van der Waals surface area contributed by atoms with E-state index in [9.17, 15) is 13.2 Å². The SMILES string of the molecule is CC1CCCN(S(=O)(=O)c2ccc(N3CCCC3=O)cc2)C1C. The summed E-state index contributed by atoms with van der Waals surface area (Å²) in [5, 5.41) is 0. The largest absolute Gasteiger partial charge is 0.312 e. The zero-order valence-electron chi connectivity index (χ0n) is 13.7. The van der Waals surface area contributed by atoms with Gasteiger partial charge in [0, 0.05) is 31.2 Å². The number of nitrogens with zero attached hydrogens (tertiary/aromatic N) is 2. The van der Waals surface area contributed by atoms with Crippen LogP contribution in [0.25, 0.3) is 0 Å². The highest BCUT2D eigenvalue weighted by atomic mass is 32.2. The molecule has 0 aliphatic carbocycles. The molecule has 1 amide bonds. The molecule has 2 aliphatic heterocycles. The zero-order chi connectivity index (χ0) is 16.6. The number of anilines is 1. The number of carbonyl (C=O) groups is 1. The van der Waals surface area contributed by atoms with E-state index in [1.165, 1.54) is 0 Å². The highest BCUT2D eigenvalue weighted by Crippen LogP contribution is 2.30. The van der Waals surface area contributed by atoms with Gasteiger partial charge in [0.15, 0.2) is 0 Å². The molecule has 6 heteroatoms. The number of benzene rings is 1. The van der Waals surface area contributed by atoms with Crippen molar-refractivity contribution in [3.8, 4) is 0 Å². The highest BCUT2D eigenvalue weighted by Gasteiger charge is 2.34. The summed E-state index contributed by atoms with van der Waals surface area (Å²) in [7, 11) is -3.47. The second kappa shape index (κ2) is 6.24. The Labute approximate surface area is 138 Å². The van der Waals surface area contributed by atoms with Gasteiger partial charge in [0.1, 0.15) is 0 Å². The summed E-state index contributed by atoms with van der Waals surface area (Å²) in [5.41, 5.74) is 0.784. The van der Waals surface area contributed by atoms with Crippen molar-refractivity contribution >= 4 is 21.6 Å². The van der Waals surface area contributed by atoms with Crippen LogP contribution < -0.4 is 4.90 Å². The number of hydrogen-bond acceptors (Lipinski definition) is 3. The molecule has 0 aromatic heterocycles. The molecule has 0 N–H and O–H groups in total. The first-order valence-corrected chi connectivity index (χ1v) is 9.77. The topological polar surface area (TPSA) is 57.7 Å². The van der Waals surface area contributed by atoms with E-state index in [0.717, 1.165) is 24.9 Å². The van der Waals surface area contributed by atoms with Gasteiger partial charge in [-0.3, -0.25) is 4.79 Å². The molecule has 5 nitrogen and oxygen atoms in total. The second-order valence-electron chi connectivity index (χ2n) is 6.62. The van der Waals surface area contributed by atoms with Gasteiger partial charge >= 0.3 is 0 Å². The molecule has 1 aromatic rings. The third kappa shape index (κ3) is 3.02. The van der Waals surface area contributed by atoms with E-state index in [2.05, 4.69) is 6.92 Å². The number of hydrogen-bond donors (Lipinski definition) is 0. The van der Waals surface area contributed by atoms with Gasteiger partial charge in [-0.15, -0.1) is 0 Å². The lowest BCUT2D eigenvalue weighted by atomic mass is 9.94. The Morgan fingerprint density at radius 3 is 2.35 bits per heavy atom. The molecule has 126 valence electrons. The average molecular weight is 336 g/mol. The number of sulfonamides is 1. The lowest BCUT2D eigenvalue weighted by molar-refractivity contribution is -0.117.